The fourth-order valence-corrected chi connectivity index (χ4v) is 6.53. The summed E-state index contributed by atoms with van der Waals surface area (Å²) in [6.07, 6.45) is 2.17. The first-order valence-corrected chi connectivity index (χ1v) is 13.5. The largest absolute Gasteiger partial charge is 0.507 e. The first kappa shape index (κ1) is 27.3. The van der Waals surface area contributed by atoms with Gasteiger partial charge >= 0.3 is 0 Å². The van der Waals surface area contributed by atoms with E-state index in [1.165, 1.54) is 16.2 Å². The number of imide groups is 1. The van der Waals surface area contributed by atoms with Gasteiger partial charge in [-0.25, -0.2) is 0 Å². The lowest BCUT2D eigenvalue weighted by atomic mass is 9.68. The van der Waals surface area contributed by atoms with Crippen LogP contribution in [0.4, 0.5) is 0 Å². The molecule has 0 radical (unpaired) electrons. The first-order chi connectivity index (χ1) is 17.7. The van der Waals surface area contributed by atoms with Crippen LogP contribution < -0.4 is 0 Å². The molecule has 2 aromatic rings. The molecule has 1 saturated heterocycles. The van der Waals surface area contributed by atoms with Crippen LogP contribution in [0, 0.1) is 31.6 Å². The van der Waals surface area contributed by atoms with E-state index >= 15 is 0 Å². The highest BCUT2D eigenvalue weighted by Crippen LogP contribution is 2.46. The van der Waals surface area contributed by atoms with Gasteiger partial charge in [-0.3, -0.25) is 14.5 Å². The van der Waals surface area contributed by atoms with Crippen LogP contribution in [0.2, 0.25) is 0 Å². The number of hydrogen-bond donors (Lipinski definition) is 4. The van der Waals surface area contributed by atoms with Crippen LogP contribution in [-0.4, -0.2) is 56.5 Å². The molecule has 4 atom stereocenters. The van der Waals surface area contributed by atoms with Crippen LogP contribution >= 0.6 is 11.3 Å². The number of likely N-dealkylation sites (tertiary alicyclic amines) is 1. The molecule has 1 aromatic carbocycles. The summed E-state index contributed by atoms with van der Waals surface area (Å²) in [6.45, 7) is 5.15. The van der Waals surface area contributed by atoms with Gasteiger partial charge in [-0.2, -0.15) is 0 Å². The van der Waals surface area contributed by atoms with Crippen LogP contribution in [0.3, 0.4) is 0 Å². The average Bonchev–Trinajstić information content (AvgIpc) is 3.47. The summed E-state index contributed by atoms with van der Waals surface area (Å²) >= 11 is 1.47. The van der Waals surface area contributed by atoms with Gasteiger partial charge in [0.05, 0.1) is 37.7 Å². The summed E-state index contributed by atoms with van der Waals surface area (Å²) in [6, 6.07) is 7.56. The van der Waals surface area contributed by atoms with Crippen molar-refractivity contribution in [2.45, 2.75) is 52.7 Å². The minimum atomic E-state index is -0.957. The highest BCUT2D eigenvalue weighted by molar-refractivity contribution is 7.09. The number of thiophene rings is 1. The summed E-state index contributed by atoms with van der Waals surface area (Å²) in [5, 5.41) is 43.6. The molecule has 1 aromatic heterocycles. The van der Waals surface area contributed by atoms with Crippen molar-refractivity contribution in [3.63, 3.8) is 0 Å². The zero-order valence-corrected chi connectivity index (χ0v) is 22.3. The van der Waals surface area contributed by atoms with Crippen molar-refractivity contribution in [2.24, 2.45) is 17.8 Å². The minimum absolute atomic E-state index is 0.201. The van der Waals surface area contributed by atoms with E-state index in [1.807, 2.05) is 56.5 Å². The normalized spacial score (nSPS) is 23.1. The van der Waals surface area contributed by atoms with Crippen molar-refractivity contribution < 1.29 is 30.0 Å². The second-order valence-electron chi connectivity index (χ2n) is 10.2. The van der Waals surface area contributed by atoms with Gasteiger partial charge in [0.2, 0.25) is 11.8 Å². The Kier molecular flexibility index (Phi) is 8.33. The van der Waals surface area contributed by atoms with E-state index in [1.54, 1.807) is 0 Å². The molecule has 4 N–H and O–H groups in total. The Morgan fingerprint density at radius 1 is 1.19 bits per heavy atom. The molecular weight excluding hydrogens is 490 g/mol. The number of fused-ring (bicyclic) bond motifs is 1. The van der Waals surface area contributed by atoms with E-state index in [2.05, 4.69) is 0 Å². The number of rotatable bonds is 9. The predicted molar refractivity (Wildman–Crippen MR) is 143 cm³/mol. The molecule has 0 spiro atoms. The van der Waals surface area contributed by atoms with Crippen LogP contribution in [0.1, 0.15) is 47.8 Å². The predicted octanol–water partition coefficient (Wildman–Crippen LogP) is 3.72. The van der Waals surface area contributed by atoms with Crippen molar-refractivity contribution in [1.82, 2.24) is 4.90 Å². The number of amides is 2. The van der Waals surface area contributed by atoms with Crippen LogP contribution in [0.25, 0.3) is 6.08 Å². The maximum Gasteiger partial charge on any atom is 0.234 e. The maximum absolute atomic E-state index is 13.4. The highest BCUT2D eigenvalue weighted by Gasteiger charge is 2.54. The van der Waals surface area contributed by atoms with Crippen LogP contribution in [-0.2, 0) is 16.1 Å². The van der Waals surface area contributed by atoms with Gasteiger partial charge in [0.15, 0.2) is 0 Å². The zero-order chi connectivity index (χ0) is 26.9. The number of aromatic hydroxyl groups is 1. The molecule has 7 nitrogen and oxygen atoms in total. The molecule has 4 rings (SSSR count). The van der Waals surface area contributed by atoms with Crippen LogP contribution in [0.15, 0.2) is 46.4 Å². The molecule has 198 valence electrons. The standard InChI is InChI=1S/C29H35NO6S/c1-16(9-19-10-17(2)27(34)18(3)11-19)6-7-24(33)25-20(14-31)12-22-26(23(25)15-32)29(36)30(28(22)35)13-21-5-4-8-37-21/h4-5,8-11,22-24,26,31-34H,6-7,12-15H2,1-3H3/b16-9+/t22-,23+,24-,26-/m1/s1. The fraction of sp³-hybridized carbons (Fsp3) is 0.448. The molecule has 1 aliphatic heterocycles. The molecule has 0 saturated carbocycles. The summed E-state index contributed by atoms with van der Waals surface area (Å²) in [4.78, 5) is 28.7. The van der Waals surface area contributed by atoms with Gasteiger partial charge < -0.3 is 20.4 Å². The van der Waals surface area contributed by atoms with Gasteiger partial charge in [0.1, 0.15) is 5.75 Å². The van der Waals surface area contributed by atoms with Crippen molar-refractivity contribution >= 4 is 29.2 Å². The number of phenols is 1. The summed E-state index contributed by atoms with van der Waals surface area (Å²) in [5.74, 6) is -2.40. The molecule has 2 aliphatic rings. The number of carbonyl (C=O) groups is 2. The number of benzene rings is 1. The number of nitrogens with zero attached hydrogens (tertiary/aromatic N) is 1. The van der Waals surface area contributed by atoms with Gasteiger partial charge in [0.25, 0.3) is 0 Å². The van der Waals surface area contributed by atoms with Crippen LogP contribution in [0.5, 0.6) is 5.75 Å². The van der Waals surface area contributed by atoms with Crippen molar-refractivity contribution in [1.29, 1.82) is 0 Å². The second kappa shape index (κ2) is 11.3. The number of aliphatic hydroxyl groups excluding tert-OH is 3. The lowest BCUT2D eigenvalue weighted by molar-refractivity contribution is -0.140. The quantitative estimate of drug-likeness (QED) is 0.293. The van der Waals surface area contributed by atoms with E-state index in [-0.39, 0.29) is 43.7 Å². The van der Waals surface area contributed by atoms with E-state index in [0.717, 1.165) is 27.1 Å². The Hall–Kier alpha value is -2.78. The van der Waals surface area contributed by atoms with Crippen molar-refractivity contribution in [2.75, 3.05) is 13.2 Å². The molecule has 2 heterocycles. The van der Waals surface area contributed by atoms with E-state index in [0.29, 0.717) is 24.0 Å². The maximum atomic E-state index is 13.4. The van der Waals surface area contributed by atoms with Gasteiger partial charge in [-0.15, -0.1) is 11.3 Å². The van der Waals surface area contributed by atoms with E-state index < -0.39 is 23.9 Å². The highest BCUT2D eigenvalue weighted by atomic mass is 32.1. The third-order valence-electron chi connectivity index (χ3n) is 7.65. The summed E-state index contributed by atoms with van der Waals surface area (Å²) in [7, 11) is 0. The Labute approximate surface area is 221 Å². The first-order valence-electron chi connectivity index (χ1n) is 12.6. The Bertz CT molecular complexity index is 1210. The van der Waals surface area contributed by atoms with Gasteiger partial charge in [-0.05, 0) is 91.4 Å². The van der Waals surface area contributed by atoms with Crippen molar-refractivity contribution in [3.05, 3.63) is 67.9 Å². The fourth-order valence-electron chi connectivity index (χ4n) is 5.83. The average molecular weight is 526 g/mol. The van der Waals surface area contributed by atoms with E-state index in [4.69, 9.17) is 0 Å². The number of phenolic OH excluding ortho intramolecular Hbond substituents is 1. The van der Waals surface area contributed by atoms with Gasteiger partial charge in [0, 0.05) is 10.8 Å². The van der Waals surface area contributed by atoms with Gasteiger partial charge in [-0.1, -0.05) is 17.7 Å². The molecule has 0 unspecified atom stereocenters. The second-order valence-corrected chi connectivity index (χ2v) is 11.3. The Morgan fingerprint density at radius 2 is 1.89 bits per heavy atom. The number of aryl methyl sites for hydroxylation is 2. The molecular formula is C29H35NO6S. The molecule has 8 heteroatoms. The smallest absolute Gasteiger partial charge is 0.234 e. The lowest BCUT2D eigenvalue weighted by Gasteiger charge is -2.36. The van der Waals surface area contributed by atoms with Crippen molar-refractivity contribution in [3.8, 4) is 5.75 Å². The summed E-state index contributed by atoms with van der Waals surface area (Å²) < 4.78 is 0. The van der Waals surface area contributed by atoms with E-state index in [9.17, 15) is 30.0 Å². The summed E-state index contributed by atoms with van der Waals surface area (Å²) in [5.41, 5.74) is 4.61. The molecule has 0 bridgehead atoms. The Morgan fingerprint density at radius 3 is 2.49 bits per heavy atom. The number of aliphatic hydroxyl groups is 3. The SMILES string of the molecule is C/C(=C\c1cc(C)c(O)c(C)c1)CC[C@@H](O)C1=C(CO)C[C@H]2C(=O)N(Cc3cccs3)C(=O)[C@H]2[C@H]1CO. The zero-order valence-electron chi connectivity index (χ0n) is 21.5. The number of allylic oxidation sites excluding steroid dienone is 1. The minimum Gasteiger partial charge on any atom is -0.507 e. The monoisotopic (exact) mass is 525 g/mol. The third-order valence-corrected chi connectivity index (χ3v) is 8.52. The number of carbonyl (C=O) groups excluding carboxylic acids is 2. The number of hydrogen-bond acceptors (Lipinski definition) is 7. The molecule has 37 heavy (non-hydrogen) atoms. The molecule has 1 aliphatic carbocycles. The lowest BCUT2D eigenvalue weighted by Crippen LogP contribution is -2.39. The third kappa shape index (κ3) is 5.43. The Balaban J connectivity index is 1.52. The topological polar surface area (TPSA) is 118 Å². The molecule has 2 amide bonds. The molecule has 1 fully saturated rings.